The molecule has 2 aliphatic rings. The molecule has 0 aromatic heterocycles. The minimum Gasteiger partial charge on any atom is -0.398 e. The second-order valence-corrected chi connectivity index (χ2v) is 7.15. The number of fused-ring (bicyclic) bond motifs is 1. The molecular formula is C19H30ClN3O. The Morgan fingerprint density at radius 2 is 2.00 bits per heavy atom. The maximum absolute atomic E-state index is 12.6. The minimum atomic E-state index is 0. The molecule has 0 bridgehead atoms. The fourth-order valence-electron chi connectivity index (χ4n) is 4.03. The average molecular weight is 352 g/mol. The van der Waals surface area contributed by atoms with Crippen LogP contribution >= 0.6 is 12.4 Å². The molecule has 1 aliphatic heterocycles. The standard InChI is InChI=1S/C19H29N3O.ClH/c1-21(13-15-7-3-2-4-8-15)19(23)14-22-12-6-9-16-17(20)10-5-11-18(16)22;/h5,10-11,15H,2-4,6-9,12-14,20H2,1H3;1H. The first-order valence-corrected chi connectivity index (χ1v) is 9.01. The third-order valence-corrected chi connectivity index (χ3v) is 5.39. The van der Waals surface area contributed by atoms with Crippen LogP contribution in [0.1, 0.15) is 44.1 Å². The highest BCUT2D eigenvalue weighted by Gasteiger charge is 2.23. The van der Waals surface area contributed by atoms with E-state index in [1.54, 1.807) is 0 Å². The number of hydrogen-bond acceptors (Lipinski definition) is 3. The van der Waals surface area contributed by atoms with Crippen LogP contribution in [0.5, 0.6) is 0 Å². The molecule has 4 nitrogen and oxygen atoms in total. The van der Waals surface area contributed by atoms with E-state index in [0.29, 0.717) is 12.5 Å². The second kappa shape index (κ2) is 8.61. The fourth-order valence-corrected chi connectivity index (χ4v) is 4.03. The molecule has 24 heavy (non-hydrogen) atoms. The summed E-state index contributed by atoms with van der Waals surface area (Å²) in [4.78, 5) is 16.8. The number of anilines is 2. The van der Waals surface area contributed by atoms with Gasteiger partial charge in [-0.25, -0.2) is 0 Å². The fraction of sp³-hybridized carbons (Fsp3) is 0.632. The van der Waals surface area contributed by atoms with Crippen LogP contribution in [0.15, 0.2) is 18.2 Å². The summed E-state index contributed by atoms with van der Waals surface area (Å²) in [7, 11) is 1.96. The number of likely N-dealkylation sites (N-methyl/N-ethyl adjacent to an activating group) is 1. The van der Waals surface area contributed by atoms with Gasteiger partial charge in [-0.05, 0) is 49.3 Å². The maximum Gasteiger partial charge on any atom is 0.241 e. The summed E-state index contributed by atoms with van der Waals surface area (Å²) in [5.74, 6) is 0.924. The Labute approximate surface area is 151 Å². The summed E-state index contributed by atoms with van der Waals surface area (Å²) in [6, 6.07) is 6.04. The summed E-state index contributed by atoms with van der Waals surface area (Å²) < 4.78 is 0. The molecule has 134 valence electrons. The molecule has 0 spiro atoms. The molecule has 1 aromatic carbocycles. The number of nitrogen functional groups attached to an aromatic ring is 1. The average Bonchev–Trinajstić information content (AvgIpc) is 2.56. The summed E-state index contributed by atoms with van der Waals surface area (Å²) >= 11 is 0. The SMILES string of the molecule is CN(CC1CCCCC1)C(=O)CN1CCCc2c(N)cccc21.Cl. The second-order valence-electron chi connectivity index (χ2n) is 7.15. The van der Waals surface area contributed by atoms with Crippen LogP contribution in [0.2, 0.25) is 0 Å². The van der Waals surface area contributed by atoms with Crippen LogP contribution in [0, 0.1) is 5.92 Å². The van der Waals surface area contributed by atoms with Crippen molar-refractivity contribution in [3.05, 3.63) is 23.8 Å². The van der Waals surface area contributed by atoms with Crippen LogP contribution in [0.25, 0.3) is 0 Å². The molecule has 1 amide bonds. The van der Waals surface area contributed by atoms with Crippen molar-refractivity contribution in [2.45, 2.75) is 44.9 Å². The van der Waals surface area contributed by atoms with Gasteiger partial charge in [-0.1, -0.05) is 25.3 Å². The number of hydrogen-bond donors (Lipinski definition) is 1. The molecule has 0 unspecified atom stereocenters. The van der Waals surface area contributed by atoms with Gasteiger partial charge >= 0.3 is 0 Å². The molecule has 5 heteroatoms. The highest BCUT2D eigenvalue weighted by Crippen LogP contribution is 2.31. The lowest BCUT2D eigenvalue weighted by molar-refractivity contribution is -0.129. The lowest BCUT2D eigenvalue weighted by atomic mass is 9.89. The number of carbonyl (C=O) groups is 1. The highest BCUT2D eigenvalue weighted by molar-refractivity contribution is 5.85. The van der Waals surface area contributed by atoms with Gasteiger partial charge in [0.1, 0.15) is 0 Å². The number of halogens is 1. The lowest BCUT2D eigenvalue weighted by Gasteiger charge is -2.33. The zero-order chi connectivity index (χ0) is 16.2. The summed E-state index contributed by atoms with van der Waals surface area (Å²) in [5, 5.41) is 0. The topological polar surface area (TPSA) is 49.6 Å². The van der Waals surface area contributed by atoms with Gasteiger partial charge in [0.05, 0.1) is 6.54 Å². The minimum absolute atomic E-state index is 0. The van der Waals surface area contributed by atoms with Gasteiger partial charge in [0.2, 0.25) is 5.91 Å². The molecule has 3 rings (SSSR count). The third-order valence-electron chi connectivity index (χ3n) is 5.39. The normalized spacial score (nSPS) is 17.8. The first-order chi connectivity index (χ1) is 11.1. The van der Waals surface area contributed by atoms with Gasteiger partial charge in [0.15, 0.2) is 0 Å². The molecule has 1 aliphatic carbocycles. The molecular weight excluding hydrogens is 322 g/mol. The van der Waals surface area contributed by atoms with E-state index in [2.05, 4.69) is 11.0 Å². The van der Waals surface area contributed by atoms with Crippen molar-refractivity contribution in [2.75, 3.05) is 37.3 Å². The van der Waals surface area contributed by atoms with Crippen LogP contribution < -0.4 is 10.6 Å². The quantitative estimate of drug-likeness (QED) is 0.845. The molecule has 1 saturated carbocycles. The van der Waals surface area contributed by atoms with Crippen LogP contribution in [-0.4, -0.2) is 37.5 Å². The number of carbonyl (C=O) groups excluding carboxylic acids is 1. The summed E-state index contributed by atoms with van der Waals surface area (Å²) in [6.07, 6.45) is 8.66. The first kappa shape index (κ1) is 18.9. The zero-order valence-electron chi connectivity index (χ0n) is 14.7. The molecule has 0 atom stereocenters. The largest absolute Gasteiger partial charge is 0.398 e. The van der Waals surface area contributed by atoms with Crippen LogP contribution in [-0.2, 0) is 11.2 Å². The Morgan fingerprint density at radius 1 is 1.25 bits per heavy atom. The number of amides is 1. The Bertz CT molecular complexity index is 558. The Hall–Kier alpha value is -1.42. The zero-order valence-corrected chi connectivity index (χ0v) is 15.5. The van der Waals surface area contributed by atoms with Gasteiger partial charge in [-0.2, -0.15) is 0 Å². The Kier molecular flexibility index (Phi) is 6.79. The van der Waals surface area contributed by atoms with Crippen molar-refractivity contribution in [3.63, 3.8) is 0 Å². The third kappa shape index (κ3) is 4.35. The van der Waals surface area contributed by atoms with E-state index in [0.717, 1.165) is 37.3 Å². The monoisotopic (exact) mass is 351 g/mol. The van der Waals surface area contributed by atoms with E-state index < -0.39 is 0 Å². The Balaban J connectivity index is 0.00000208. The van der Waals surface area contributed by atoms with E-state index in [1.165, 1.54) is 37.7 Å². The van der Waals surface area contributed by atoms with E-state index in [1.807, 2.05) is 24.1 Å². The molecule has 1 fully saturated rings. The van der Waals surface area contributed by atoms with Crippen molar-refractivity contribution in [3.8, 4) is 0 Å². The molecule has 2 N–H and O–H groups in total. The Morgan fingerprint density at radius 3 is 2.75 bits per heavy atom. The number of nitrogens with two attached hydrogens (primary N) is 1. The van der Waals surface area contributed by atoms with Gasteiger partial charge in [-0.15, -0.1) is 12.4 Å². The predicted octanol–water partition coefficient (Wildman–Crippen LogP) is 3.48. The molecule has 1 heterocycles. The smallest absolute Gasteiger partial charge is 0.241 e. The van der Waals surface area contributed by atoms with E-state index in [-0.39, 0.29) is 18.3 Å². The van der Waals surface area contributed by atoms with Crippen molar-refractivity contribution >= 4 is 29.7 Å². The molecule has 0 saturated heterocycles. The van der Waals surface area contributed by atoms with Crippen LogP contribution in [0.3, 0.4) is 0 Å². The molecule has 1 aromatic rings. The van der Waals surface area contributed by atoms with Crippen molar-refractivity contribution in [1.82, 2.24) is 4.90 Å². The van der Waals surface area contributed by atoms with E-state index in [9.17, 15) is 4.79 Å². The van der Waals surface area contributed by atoms with E-state index in [4.69, 9.17) is 5.73 Å². The highest BCUT2D eigenvalue weighted by atomic mass is 35.5. The maximum atomic E-state index is 12.6. The summed E-state index contributed by atoms with van der Waals surface area (Å²) in [5.41, 5.74) is 9.31. The lowest BCUT2D eigenvalue weighted by Crippen LogP contribution is -2.42. The van der Waals surface area contributed by atoms with Gasteiger partial charge in [0.25, 0.3) is 0 Å². The van der Waals surface area contributed by atoms with E-state index >= 15 is 0 Å². The number of rotatable bonds is 4. The van der Waals surface area contributed by atoms with Crippen molar-refractivity contribution in [2.24, 2.45) is 5.92 Å². The summed E-state index contributed by atoms with van der Waals surface area (Å²) in [6.45, 7) is 2.33. The van der Waals surface area contributed by atoms with Crippen molar-refractivity contribution in [1.29, 1.82) is 0 Å². The van der Waals surface area contributed by atoms with Gasteiger partial charge < -0.3 is 15.5 Å². The molecule has 0 radical (unpaired) electrons. The predicted molar refractivity (Wildman–Crippen MR) is 103 cm³/mol. The van der Waals surface area contributed by atoms with Gasteiger partial charge in [0, 0.05) is 31.5 Å². The first-order valence-electron chi connectivity index (χ1n) is 9.01. The van der Waals surface area contributed by atoms with Crippen LogP contribution in [0.4, 0.5) is 11.4 Å². The van der Waals surface area contributed by atoms with Crippen molar-refractivity contribution < 1.29 is 4.79 Å². The number of nitrogens with zero attached hydrogens (tertiary/aromatic N) is 2. The number of benzene rings is 1. The van der Waals surface area contributed by atoms with Gasteiger partial charge in [-0.3, -0.25) is 4.79 Å².